The molecular formula is C3H6FN3S2. The van der Waals surface area contributed by atoms with Crippen molar-refractivity contribution >= 4 is 21.8 Å². The van der Waals surface area contributed by atoms with Gasteiger partial charge in [0.15, 0.2) is 0 Å². The summed E-state index contributed by atoms with van der Waals surface area (Å²) in [7, 11) is -0.817. The van der Waals surface area contributed by atoms with Crippen molar-refractivity contribution in [3.63, 3.8) is 0 Å². The van der Waals surface area contributed by atoms with Crippen LogP contribution in [0.15, 0.2) is 6.33 Å². The second-order valence-electron chi connectivity index (χ2n) is 1.41. The minimum atomic E-state index is -0.817. The quantitative estimate of drug-likeness (QED) is 0.475. The molecule has 0 aromatic carbocycles. The van der Waals surface area contributed by atoms with Gasteiger partial charge in [0.05, 0.1) is 0 Å². The van der Waals surface area contributed by atoms with E-state index in [9.17, 15) is 4.39 Å². The van der Waals surface area contributed by atoms with Crippen LogP contribution in [-0.4, -0.2) is 20.4 Å². The predicted octanol–water partition coefficient (Wildman–Crippen LogP) is 0.656. The maximum atomic E-state index is 12.4. The lowest BCUT2D eigenvalue weighted by Gasteiger charge is -2.05. The molecule has 0 saturated carbocycles. The van der Waals surface area contributed by atoms with Crippen molar-refractivity contribution in [2.24, 2.45) is 0 Å². The van der Waals surface area contributed by atoms with Gasteiger partial charge < -0.3 is 0 Å². The first-order chi connectivity index (χ1) is 4.22. The minimum Gasteiger partial charge on any atom is -0.188 e. The van der Waals surface area contributed by atoms with Crippen molar-refractivity contribution in [1.29, 1.82) is 0 Å². The molecule has 9 heavy (non-hydrogen) atoms. The third-order valence-electron chi connectivity index (χ3n) is 0.764. The summed E-state index contributed by atoms with van der Waals surface area (Å²) in [5.74, 6) is 0. The molecular weight excluding hydrogens is 161 g/mol. The van der Waals surface area contributed by atoms with Crippen molar-refractivity contribution in [2.45, 2.75) is 0 Å². The van der Waals surface area contributed by atoms with E-state index in [4.69, 9.17) is 0 Å². The molecule has 1 rings (SSSR count). The fraction of sp³-hybridized carbons (Fsp3) is 0.333. The monoisotopic (exact) mass is 167 g/mol. The molecule has 0 radical (unpaired) electrons. The van der Waals surface area contributed by atoms with Gasteiger partial charge in [-0.25, -0.2) is 0 Å². The van der Waals surface area contributed by atoms with Gasteiger partial charge in [0.1, 0.15) is 6.33 Å². The molecule has 1 aromatic rings. The Morgan fingerprint density at radius 2 is 2.56 bits per heavy atom. The molecule has 0 fully saturated rings. The Balaban J connectivity index is 2.94. The number of rotatable bonds is 1. The number of aromatic nitrogens is 3. The second-order valence-corrected chi connectivity index (χ2v) is 4.50. The zero-order valence-electron chi connectivity index (χ0n) is 4.69. The molecule has 0 spiro atoms. The fourth-order valence-corrected chi connectivity index (χ4v) is 1.26. The standard InChI is InChI=1S/C3H6FN3S2/c1-9(8)7-3(4)5-2-6-7/h2,8-9H,1H3. The average molecular weight is 167 g/mol. The Labute approximate surface area is 59.6 Å². The second kappa shape index (κ2) is 2.57. The normalized spacial score (nSPS) is 15.7. The van der Waals surface area contributed by atoms with Crippen molar-refractivity contribution < 1.29 is 4.39 Å². The Kier molecular flexibility index (Phi) is 1.97. The molecule has 1 aromatic heterocycles. The highest BCUT2D eigenvalue weighted by molar-refractivity contribution is 8.77. The summed E-state index contributed by atoms with van der Waals surface area (Å²) in [4.78, 5) is 3.29. The number of nitrogens with zero attached hydrogens (tertiary/aromatic N) is 3. The summed E-state index contributed by atoms with van der Waals surface area (Å²) in [6.45, 7) is 0. The van der Waals surface area contributed by atoms with Gasteiger partial charge in [0.2, 0.25) is 0 Å². The zero-order chi connectivity index (χ0) is 6.85. The van der Waals surface area contributed by atoms with Crippen LogP contribution >= 0.6 is 21.8 Å². The summed E-state index contributed by atoms with van der Waals surface area (Å²) < 4.78 is 13.5. The van der Waals surface area contributed by atoms with Crippen LogP contribution in [0, 0.1) is 6.08 Å². The maximum Gasteiger partial charge on any atom is 0.316 e. The van der Waals surface area contributed by atoms with Crippen molar-refractivity contribution in [3.8, 4) is 0 Å². The molecule has 0 aliphatic rings. The topological polar surface area (TPSA) is 30.7 Å². The van der Waals surface area contributed by atoms with E-state index in [1.807, 2.05) is 0 Å². The highest BCUT2D eigenvalue weighted by Gasteiger charge is 2.01. The van der Waals surface area contributed by atoms with E-state index in [1.165, 1.54) is 6.33 Å². The third-order valence-corrected chi connectivity index (χ3v) is 2.09. The average Bonchev–Trinajstić information content (AvgIpc) is 2.13. The first-order valence-electron chi connectivity index (χ1n) is 2.20. The van der Waals surface area contributed by atoms with E-state index in [2.05, 4.69) is 21.7 Å². The number of hydrogen-bond donors (Lipinski definition) is 2. The van der Waals surface area contributed by atoms with Gasteiger partial charge >= 0.3 is 6.08 Å². The van der Waals surface area contributed by atoms with Crippen LogP contribution in [0.1, 0.15) is 0 Å². The molecule has 0 bridgehead atoms. The molecule has 52 valence electrons. The largest absolute Gasteiger partial charge is 0.316 e. The van der Waals surface area contributed by atoms with E-state index in [0.29, 0.717) is 0 Å². The number of thiol groups is 2. The van der Waals surface area contributed by atoms with Crippen LogP contribution in [0.5, 0.6) is 0 Å². The highest BCUT2D eigenvalue weighted by atomic mass is 33.1. The molecule has 0 amide bonds. The third kappa shape index (κ3) is 1.36. The van der Waals surface area contributed by atoms with Crippen LogP contribution in [0.25, 0.3) is 0 Å². The number of hydrogen-bond acceptors (Lipinski definition) is 3. The molecule has 6 heteroatoms. The van der Waals surface area contributed by atoms with E-state index in [0.717, 1.165) is 4.09 Å². The predicted molar refractivity (Wildman–Crippen MR) is 39.3 cm³/mol. The van der Waals surface area contributed by atoms with Gasteiger partial charge in [-0.3, -0.25) is 0 Å². The number of halogens is 1. The lowest BCUT2D eigenvalue weighted by atomic mass is 11.3. The first-order valence-corrected chi connectivity index (χ1v) is 5.09. The van der Waals surface area contributed by atoms with Crippen LogP contribution in [0.2, 0.25) is 0 Å². The molecule has 3 nitrogen and oxygen atoms in total. The maximum absolute atomic E-state index is 12.4. The fourth-order valence-electron chi connectivity index (χ4n) is 0.416. The first kappa shape index (κ1) is 6.88. The lowest BCUT2D eigenvalue weighted by Crippen LogP contribution is -1.95. The molecule has 0 aliphatic heterocycles. The smallest absolute Gasteiger partial charge is 0.188 e. The van der Waals surface area contributed by atoms with Gasteiger partial charge in [0.25, 0.3) is 0 Å². The van der Waals surface area contributed by atoms with Crippen LogP contribution < -0.4 is 0 Å². The Morgan fingerprint density at radius 3 is 2.78 bits per heavy atom. The van der Waals surface area contributed by atoms with E-state index in [1.54, 1.807) is 6.26 Å². The summed E-state index contributed by atoms with van der Waals surface area (Å²) in [6, 6.07) is 0. The zero-order valence-corrected chi connectivity index (χ0v) is 6.48. The van der Waals surface area contributed by atoms with E-state index in [-0.39, 0.29) is 0 Å². The van der Waals surface area contributed by atoms with Gasteiger partial charge in [-0.1, -0.05) is 0 Å². The van der Waals surface area contributed by atoms with Gasteiger partial charge in [-0.15, -0.1) is 26.9 Å². The van der Waals surface area contributed by atoms with Gasteiger partial charge in [-0.05, 0) is 6.26 Å². The minimum absolute atomic E-state index is 0.571. The highest BCUT2D eigenvalue weighted by Crippen LogP contribution is 2.25. The molecule has 1 heterocycles. The summed E-state index contributed by atoms with van der Waals surface area (Å²) in [6.07, 6.45) is 2.37. The molecule has 1 atom stereocenters. The molecule has 0 aliphatic carbocycles. The van der Waals surface area contributed by atoms with E-state index >= 15 is 0 Å². The van der Waals surface area contributed by atoms with Crippen molar-refractivity contribution in [1.82, 2.24) is 14.2 Å². The van der Waals surface area contributed by atoms with Gasteiger partial charge in [-0.2, -0.15) is 13.5 Å². The van der Waals surface area contributed by atoms with Crippen LogP contribution in [-0.2, 0) is 0 Å². The van der Waals surface area contributed by atoms with Crippen molar-refractivity contribution in [2.75, 3.05) is 6.26 Å². The van der Waals surface area contributed by atoms with Crippen molar-refractivity contribution in [3.05, 3.63) is 12.4 Å². The summed E-state index contributed by atoms with van der Waals surface area (Å²) >= 11 is 4.01. The Morgan fingerprint density at radius 1 is 1.89 bits per heavy atom. The Hall–Kier alpha value is -0.230. The van der Waals surface area contributed by atoms with Crippen LogP contribution in [0.4, 0.5) is 4.39 Å². The molecule has 1 unspecified atom stereocenters. The van der Waals surface area contributed by atoms with Gasteiger partial charge in [0, 0.05) is 0 Å². The summed E-state index contributed by atoms with van der Waals surface area (Å²) in [5.41, 5.74) is 0. The van der Waals surface area contributed by atoms with E-state index < -0.39 is 16.2 Å². The summed E-state index contributed by atoms with van der Waals surface area (Å²) in [5, 5.41) is 3.60. The Bertz CT molecular complexity index is 199. The SMILES string of the molecule is C[SH](S)n1ncnc1F. The lowest BCUT2D eigenvalue weighted by molar-refractivity contribution is 0.530. The molecule has 0 N–H and O–H groups in total. The molecule has 0 saturated heterocycles. The van der Waals surface area contributed by atoms with Crippen LogP contribution in [0.3, 0.4) is 0 Å².